The average Bonchev–Trinajstić information content (AvgIpc) is 3.04. The lowest BCUT2D eigenvalue weighted by Crippen LogP contribution is -2.55. The van der Waals surface area contributed by atoms with Gasteiger partial charge in [-0.2, -0.15) is 5.10 Å². The molecule has 0 atom stereocenters. The van der Waals surface area contributed by atoms with E-state index in [1.54, 1.807) is 22.0 Å². The third-order valence-corrected chi connectivity index (χ3v) is 4.08. The summed E-state index contributed by atoms with van der Waals surface area (Å²) in [5.41, 5.74) is 1.68. The van der Waals surface area contributed by atoms with Crippen LogP contribution in [0.4, 0.5) is 5.69 Å². The first-order valence-corrected chi connectivity index (χ1v) is 8.67. The van der Waals surface area contributed by atoms with Gasteiger partial charge in [0.25, 0.3) is 0 Å². The lowest BCUT2D eigenvalue weighted by Gasteiger charge is -2.35. The summed E-state index contributed by atoms with van der Waals surface area (Å²) < 4.78 is 1.70. The third kappa shape index (κ3) is 4.16. The molecule has 2 aromatic heterocycles. The Balaban J connectivity index is 1.69. The molecule has 2 aromatic rings. The minimum absolute atomic E-state index is 0.0349. The van der Waals surface area contributed by atoms with E-state index in [9.17, 15) is 4.79 Å². The molecule has 9 heteroatoms. The van der Waals surface area contributed by atoms with E-state index in [0.717, 1.165) is 29.7 Å². The fraction of sp³-hybridized carbons (Fsp3) is 0.471. The number of rotatable bonds is 4. The van der Waals surface area contributed by atoms with Crippen LogP contribution < -0.4 is 10.2 Å². The number of nitrogens with zero attached hydrogens (tertiary/aromatic N) is 7. The smallest absolute Gasteiger partial charge is 0.246 e. The number of piperazine rings is 1. The molecule has 3 rings (SSSR count). The van der Waals surface area contributed by atoms with Crippen LogP contribution in [0.25, 0.3) is 0 Å². The Hall–Kier alpha value is -2.97. The first-order chi connectivity index (χ1) is 12.6. The first-order valence-electron chi connectivity index (χ1n) is 8.67. The molecule has 9 nitrogen and oxygen atoms in total. The van der Waals surface area contributed by atoms with Crippen LogP contribution in [0.15, 0.2) is 29.6 Å². The number of hydrogen-bond donors (Lipinski definition) is 1. The zero-order valence-electron chi connectivity index (χ0n) is 15.4. The maximum absolute atomic E-state index is 12.6. The van der Waals surface area contributed by atoms with E-state index in [0.29, 0.717) is 19.6 Å². The second-order valence-corrected chi connectivity index (χ2v) is 6.10. The van der Waals surface area contributed by atoms with E-state index < -0.39 is 0 Å². The van der Waals surface area contributed by atoms with E-state index >= 15 is 0 Å². The van der Waals surface area contributed by atoms with Gasteiger partial charge in [0.2, 0.25) is 5.91 Å². The molecule has 138 valence electrons. The van der Waals surface area contributed by atoms with Crippen molar-refractivity contribution in [2.75, 3.05) is 31.1 Å². The van der Waals surface area contributed by atoms with E-state index in [2.05, 4.69) is 25.4 Å². The van der Waals surface area contributed by atoms with Crippen LogP contribution in [-0.2, 0) is 18.4 Å². The monoisotopic (exact) mass is 356 g/mol. The van der Waals surface area contributed by atoms with E-state index in [4.69, 9.17) is 0 Å². The number of anilines is 1. The minimum Gasteiger partial charge on any atom is -0.356 e. The molecular weight excluding hydrogens is 332 g/mol. The van der Waals surface area contributed by atoms with Gasteiger partial charge >= 0.3 is 0 Å². The Morgan fingerprint density at radius 3 is 2.88 bits per heavy atom. The largest absolute Gasteiger partial charge is 0.356 e. The molecule has 0 bridgehead atoms. The summed E-state index contributed by atoms with van der Waals surface area (Å²) in [6.45, 7) is 6.63. The molecular formula is C17H24N8O. The van der Waals surface area contributed by atoms with Gasteiger partial charge in [0.15, 0.2) is 5.96 Å². The van der Waals surface area contributed by atoms with Gasteiger partial charge in [0, 0.05) is 39.1 Å². The highest BCUT2D eigenvalue weighted by molar-refractivity contribution is 5.98. The second kappa shape index (κ2) is 7.94. The number of hydrogen-bond acceptors (Lipinski definition) is 5. The number of amides is 1. The highest BCUT2D eigenvalue weighted by Gasteiger charge is 2.27. The Morgan fingerprint density at radius 1 is 1.38 bits per heavy atom. The molecule has 1 aliphatic rings. The second-order valence-electron chi connectivity index (χ2n) is 6.10. The Morgan fingerprint density at radius 2 is 2.23 bits per heavy atom. The highest BCUT2D eigenvalue weighted by atomic mass is 16.2. The number of aliphatic imine (C=N–C) groups is 1. The Bertz CT molecular complexity index is 800. The number of guanidine groups is 1. The fourth-order valence-electron chi connectivity index (χ4n) is 2.85. The van der Waals surface area contributed by atoms with Crippen LogP contribution in [0.3, 0.4) is 0 Å². The predicted octanol–water partition coefficient (Wildman–Crippen LogP) is 0.333. The van der Waals surface area contributed by atoms with Gasteiger partial charge in [-0.05, 0) is 19.9 Å². The molecule has 1 N–H and O–H groups in total. The van der Waals surface area contributed by atoms with Crippen molar-refractivity contribution in [1.82, 2.24) is 30.0 Å². The molecule has 0 aromatic carbocycles. The quantitative estimate of drug-likeness (QED) is 0.627. The summed E-state index contributed by atoms with van der Waals surface area (Å²) in [7, 11) is 1.84. The molecule has 0 radical (unpaired) electrons. The van der Waals surface area contributed by atoms with Gasteiger partial charge in [-0.15, -0.1) is 0 Å². The average molecular weight is 356 g/mol. The van der Waals surface area contributed by atoms with Crippen molar-refractivity contribution in [3.63, 3.8) is 0 Å². The maximum Gasteiger partial charge on any atom is 0.246 e. The number of carbonyl (C=O) groups is 1. The topological polar surface area (TPSA) is 91.5 Å². The normalized spacial score (nSPS) is 15.5. The maximum atomic E-state index is 12.6. The van der Waals surface area contributed by atoms with Crippen LogP contribution in [0.1, 0.15) is 18.4 Å². The molecule has 26 heavy (non-hydrogen) atoms. The van der Waals surface area contributed by atoms with Crippen LogP contribution in [0.5, 0.6) is 0 Å². The number of nitrogens with one attached hydrogen (secondary N) is 1. The lowest BCUT2D eigenvalue weighted by atomic mass is 10.3. The molecule has 0 saturated carbocycles. The zero-order valence-corrected chi connectivity index (χ0v) is 15.4. The van der Waals surface area contributed by atoms with Crippen molar-refractivity contribution in [2.24, 2.45) is 12.0 Å². The summed E-state index contributed by atoms with van der Waals surface area (Å²) in [4.78, 5) is 29.4. The van der Waals surface area contributed by atoms with Crippen molar-refractivity contribution in [1.29, 1.82) is 0 Å². The van der Waals surface area contributed by atoms with Crippen molar-refractivity contribution >= 4 is 17.6 Å². The minimum atomic E-state index is 0.0349. The van der Waals surface area contributed by atoms with Crippen molar-refractivity contribution in [2.45, 2.75) is 20.4 Å². The van der Waals surface area contributed by atoms with Gasteiger partial charge in [-0.3, -0.25) is 9.48 Å². The molecule has 0 spiro atoms. The van der Waals surface area contributed by atoms with E-state index in [1.807, 2.05) is 38.1 Å². The molecule has 0 aliphatic carbocycles. The first kappa shape index (κ1) is 17.8. The molecule has 1 fully saturated rings. The van der Waals surface area contributed by atoms with Gasteiger partial charge in [-0.25, -0.2) is 15.0 Å². The summed E-state index contributed by atoms with van der Waals surface area (Å²) in [5.74, 6) is 1.48. The number of aryl methyl sites for hydroxylation is 2. The summed E-state index contributed by atoms with van der Waals surface area (Å²) in [6, 6.07) is 1.85. The molecule has 1 aliphatic heterocycles. The summed E-state index contributed by atoms with van der Waals surface area (Å²) >= 11 is 0. The van der Waals surface area contributed by atoms with Gasteiger partial charge in [0.05, 0.1) is 24.1 Å². The van der Waals surface area contributed by atoms with Gasteiger partial charge in [-0.1, -0.05) is 0 Å². The molecule has 1 amide bonds. The number of carbonyl (C=O) groups excluding carboxylic acids is 1. The van der Waals surface area contributed by atoms with Gasteiger partial charge < -0.3 is 15.1 Å². The van der Waals surface area contributed by atoms with Crippen LogP contribution in [0.2, 0.25) is 0 Å². The van der Waals surface area contributed by atoms with Crippen molar-refractivity contribution < 1.29 is 4.79 Å². The van der Waals surface area contributed by atoms with E-state index in [-0.39, 0.29) is 12.5 Å². The SMILES string of the molecule is CCNC(=NCc1ccnc(C)n1)N1CCN(c2cnn(C)c2)C(=O)C1. The van der Waals surface area contributed by atoms with Crippen molar-refractivity contribution in [3.8, 4) is 0 Å². The molecule has 1 saturated heterocycles. The molecule has 3 heterocycles. The molecule has 0 unspecified atom stereocenters. The predicted molar refractivity (Wildman–Crippen MR) is 98.7 cm³/mol. The summed E-state index contributed by atoms with van der Waals surface area (Å²) in [6.07, 6.45) is 5.30. The van der Waals surface area contributed by atoms with Crippen LogP contribution in [0, 0.1) is 6.92 Å². The summed E-state index contributed by atoms with van der Waals surface area (Å²) in [5, 5.41) is 7.40. The van der Waals surface area contributed by atoms with Gasteiger partial charge in [0.1, 0.15) is 12.4 Å². The third-order valence-electron chi connectivity index (χ3n) is 4.08. The van der Waals surface area contributed by atoms with Crippen LogP contribution in [-0.4, -0.2) is 62.7 Å². The van der Waals surface area contributed by atoms with E-state index in [1.165, 1.54) is 0 Å². The number of aromatic nitrogens is 4. The highest BCUT2D eigenvalue weighted by Crippen LogP contribution is 2.16. The fourth-order valence-corrected chi connectivity index (χ4v) is 2.85. The Kier molecular flexibility index (Phi) is 5.45. The zero-order chi connectivity index (χ0) is 18.5. The lowest BCUT2D eigenvalue weighted by molar-refractivity contribution is -0.120. The van der Waals surface area contributed by atoms with Crippen LogP contribution >= 0.6 is 0 Å². The standard InChI is InChI=1S/C17H24N8O/c1-4-18-17(20-9-14-5-6-19-13(2)22-14)24-7-8-25(16(26)12-24)15-10-21-23(3)11-15/h5-6,10-11H,4,7-9,12H2,1-3H3,(H,18,20). The van der Waals surface area contributed by atoms with Crippen molar-refractivity contribution in [3.05, 3.63) is 36.2 Å². The Labute approximate surface area is 152 Å².